The van der Waals surface area contributed by atoms with Crippen LogP contribution in [0.15, 0.2) is 60.1 Å². The molecule has 0 aliphatic rings. The summed E-state index contributed by atoms with van der Waals surface area (Å²) in [5.74, 6) is -0.0273. The van der Waals surface area contributed by atoms with Gasteiger partial charge in [-0.15, -0.1) is 11.3 Å². The van der Waals surface area contributed by atoms with E-state index in [4.69, 9.17) is 5.26 Å². The molecule has 2 N–H and O–H groups in total. The van der Waals surface area contributed by atoms with Crippen molar-refractivity contribution in [2.24, 2.45) is 0 Å². The molecule has 4 rings (SSSR count). The van der Waals surface area contributed by atoms with Crippen molar-refractivity contribution in [1.29, 1.82) is 5.26 Å². The lowest BCUT2D eigenvalue weighted by molar-refractivity contribution is -0.116. The van der Waals surface area contributed by atoms with Gasteiger partial charge < -0.3 is 10.3 Å². The second-order valence-electron chi connectivity index (χ2n) is 6.49. The number of rotatable bonds is 6. The van der Waals surface area contributed by atoms with E-state index in [1.165, 1.54) is 22.3 Å². The molecule has 2 aromatic carbocycles. The third-order valence-corrected chi connectivity index (χ3v) is 5.34. The van der Waals surface area contributed by atoms with Gasteiger partial charge in [-0.05, 0) is 36.6 Å². The highest BCUT2D eigenvalue weighted by Crippen LogP contribution is 2.25. The summed E-state index contributed by atoms with van der Waals surface area (Å²) in [6, 6.07) is 17.5. The third kappa shape index (κ3) is 3.95. The number of nitrogens with zero attached hydrogens (tertiary/aromatic N) is 2. The van der Waals surface area contributed by atoms with Gasteiger partial charge in [-0.2, -0.15) is 5.26 Å². The fraction of sp³-hybridized carbons (Fsp3) is 0.136. The fourth-order valence-electron chi connectivity index (χ4n) is 3.14. The number of benzene rings is 2. The number of thiazole rings is 1. The van der Waals surface area contributed by atoms with Gasteiger partial charge in [-0.1, -0.05) is 30.3 Å². The molecule has 2 aromatic heterocycles. The largest absolute Gasteiger partial charge is 0.361 e. The molecule has 0 spiro atoms. The first-order valence-corrected chi connectivity index (χ1v) is 9.92. The summed E-state index contributed by atoms with van der Waals surface area (Å²) in [7, 11) is 0. The van der Waals surface area contributed by atoms with Crippen molar-refractivity contribution in [1.82, 2.24) is 9.97 Å². The lowest BCUT2D eigenvalue weighted by atomic mass is 10.1. The lowest BCUT2D eigenvalue weighted by Gasteiger charge is -2.02. The number of H-pyrrole nitrogens is 1. The molecule has 0 atom stereocenters. The Labute approximate surface area is 166 Å². The van der Waals surface area contributed by atoms with E-state index >= 15 is 0 Å². The minimum absolute atomic E-state index is 0.0273. The molecule has 0 fully saturated rings. The minimum atomic E-state index is -0.0273. The van der Waals surface area contributed by atoms with Crippen LogP contribution in [0.25, 0.3) is 22.2 Å². The average molecular weight is 386 g/mol. The predicted molar refractivity (Wildman–Crippen MR) is 112 cm³/mol. The van der Waals surface area contributed by atoms with Gasteiger partial charge in [0.05, 0.1) is 17.3 Å². The van der Waals surface area contributed by atoms with Crippen molar-refractivity contribution in [3.63, 3.8) is 0 Å². The lowest BCUT2D eigenvalue weighted by Crippen LogP contribution is -2.11. The molecule has 0 radical (unpaired) electrons. The summed E-state index contributed by atoms with van der Waals surface area (Å²) in [5, 5.41) is 15.5. The number of aromatic nitrogens is 2. The van der Waals surface area contributed by atoms with Gasteiger partial charge in [-0.3, -0.25) is 4.79 Å². The number of aromatic amines is 1. The number of aryl methyl sites for hydroxylation is 1. The first kappa shape index (κ1) is 18.0. The number of hydrogen-bond acceptors (Lipinski definition) is 4. The Kier molecular flexibility index (Phi) is 5.18. The van der Waals surface area contributed by atoms with Crippen LogP contribution in [0.4, 0.5) is 5.13 Å². The number of para-hydroxylation sites is 1. The molecule has 4 aromatic rings. The fourth-order valence-corrected chi connectivity index (χ4v) is 3.87. The number of anilines is 1. The quantitative estimate of drug-likeness (QED) is 0.482. The topological polar surface area (TPSA) is 81.6 Å². The number of amides is 1. The Morgan fingerprint density at radius 2 is 2.00 bits per heavy atom. The normalized spacial score (nSPS) is 10.7. The molecule has 0 aliphatic heterocycles. The van der Waals surface area contributed by atoms with E-state index in [-0.39, 0.29) is 5.91 Å². The van der Waals surface area contributed by atoms with Crippen LogP contribution in [0.1, 0.15) is 24.0 Å². The smallest absolute Gasteiger partial charge is 0.226 e. The van der Waals surface area contributed by atoms with Gasteiger partial charge in [0.15, 0.2) is 5.13 Å². The molecule has 5 nitrogen and oxygen atoms in total. The molecule has 1 amide bonds. The Morgan fingerprint density at radius 1 is 1.18 bits per heavy atom. The second kappa shape index (κ2) is 8.07. The first-order valence-electron chi connectivity index (χ1n) is 9.04. The third-order valence-electron chi connectivity index (χ3n) is 4.59. The highest BCUT2D eigenvalue weighted by molar-refractivity contribution is 7.14. The standard InChI is InChI=1S/C22H18N4OS/c23-12-15-8-10-16(11-9-15)20-14-28-22(25-20)26-21(27)7-3-4-17-13-24-19-6-2-1-5-18(17)19/h1-2,5-6,8-11,13-14,24H,3-4,7H2,(H,25,26,27). The monoisotopic (exact) mass is 386 g/mol. The molecule has 2 heterocycles. The molecule has 0 saturated heterocycles. The Bertz CT molecular complexity index is 1150. The van der Waals surface area contributed by atoms with Gasteiger partial charge in [-0.25, -0.2) is 4.98 Å². The van der Waals surface area contributed by atoms with Crippen LogP contribution in [0.3, 0.4) is 0 Å². The van der Waals surface area contributed by atoms with Gasteiger partial charge in [0.2, 0.25) is 5.91 Å². The molecule has 28 heavy (non-hydrogen) atoms. The van der Waals surface area contributed by atoms with Crippen molar-refractivity contribution >= 4 is 33.3 Å². The number of carbonyl (C=O) groups excluding carboxylic acids is 1. The van der Waals surface area contributed by atoms with Crippen LogP contribution in [0.5, 0.6) is 0 Å². The Balaban J connectivity index is 1.31. The summed E-state index contributed by atoms with van der Waals surface area (Å²) >= 11 is 1.40. The van der Waals surface area contributed by atoms with Crippen molar-refractivity contribution in [2.75, 3.05) is 5.32 Å². The maximum Gasteiger partial charge on any atom is 0.226 e. The van der Waals surface area contributed by atoms with Crippen LogP contribution < -0.4 is 5.32 Å². The molecular weight excluding hydrogens is 368 g/mol. The van der Waals surface area contributed by atoms with E-state index in [0.29, 0.717) is 17.1 Å². The Morgan fingerprint density at radius 3 is 2.82 bits per heavy atom. The molecule has 6 heteroatoms. The highest BCUT2D eigenvalue weighted by atomic mass is 32.1. The number of nitriles is 1. The van der Waals surface area contributed by atoms with Crippen LogP contribution >= 0.6 is 11.3 Å². The van der Waals surface area contributed by atoms with Gasteiger partial charge >= 0.3 is 0 Å². The minimum Gasteiger partial charge on any atom is -0.361 e. The number of fused-ring (bicyclic) bond motifs is 1. The molecule has 138 valence electrons. The highest BCUT2D eigenvalue weighted by Gasteiger charge is 2.09. The number of carbonyl (C=O) groups is 1. The van der Waals surface area contributed by atoms with E-state index in [9.17, 15) is 4.79 Å². The number of hydrogen-bond donors (Lipinski definition) is 2. The van der Waals surface area contributed by atoms with Crippen molar-refractivity contribution < 1.29 is 4.79 Å². The molecule has 0 unspecified atom stereocenters. The summed E-state index contributed by atoms with van der Waals surface area (Å²) < 4.78 is 0. The number of nitrogens with one attached hydrogen (secondary N) is 2. The molecule has 0 saturated carbocycles. The SMILES string of the molecule is N#Cc1ccc(-c2csc(NC(=O)CCCc3c[nH]c4ccccc34)n2)cc1. The summed E-state index contributed by atoms with van der Waals surface area (Å²) in [4.78, 5) is 20.0. The van der Waals surface area contributed by atoms with Gasteiger partial charge in [0.25, 0.3) is 0 Å². The summed E-state index contributed by atoms with van der Waals surface area (Å²) in [5.41, 5.74) is 4.70. The van der Waals surface area contributed by atoms with Crippen molar-refractivity contribution in [2.45, 2.75) is 19.3 Å². The zero-order chi connectivity index (χ0) is 19.3. The van der Waals surface area contributed by atoms with Gasteiger partial charge in [0.1, 0.15) is 0 Å². The zero-order valence-electron chi connectivity index (χ0n) is 15.1. The first-order chi connectivity index (χ1) is 13.7. The van der Waals surface area contributed by atoms with Crippen molar-refractivity contribution in [3.8, 4) is 17.3 Å². The van der Waals surface area contributed by atoms with Crippen LogP contribution in [-0.2, 0) is 11.2 Å². The van der Waals surface area contributed by atoms with E-state index in [2.05, 4.69) is 33.5 Å². The second-order valence-corrected chi connectivity index (χ2v) is 7.35. The van der Waals surface area contributed by atoms with E-state index in [1.807, 2.05) is 35.8 Å². The molecule has 0 bridgehead atoms. The maximum atomic E-state index is 12.2. The van der Waals surface area contributed by atoms with Crippen LogP contribution in [0.2, 0.25) is 0 Å². The van der Waals surface area contributed by atoms with Crippen LogP contribution in [0, 0.1) is 11.3 Å². The molecule has 0 aliphatic carbocycles. The van der Waals surface area contributed by atoms with E-state index < -0.39 is 0 Å². The van der Waals surface area contributed by atoms with E-state index in [1.54, 1.807) is 12.1 Å². The van der Waals surface area contributed by atoms with Gasteiger partial charge in [0, 0.05) is 34.5 Å². The van der Waals surface area contributed by atoms with E-state index in [0.717, 1.165) is 29.6 Å². The molecular formula is C22H18N4OS. The summed E-state index contributed by atoms with van der Waals surface area (Å²) in [6.07, 6.45) is 4.10. The van der Waals surface area contributed by atoms with Crippen molar-refractivity contribution in [3.05, 3.63) is 71.2 Å². The average Bonchev–Trinajstić information content (AvgIpc) is 3.35. The predicted octanol–water partition coefficient (Wildman–Crippen LogP) is 5.12. The summed E-state index contributed by atoms with van der Waals surface area (Å²) in [6.45, 7) is 0. The Hall–Kier alpha value is -3.43. The van der Waals surface area contributed by atoms with Crippen LogP contribution in [-0.4, -0.2) is 15.9 Å². The zero-order valence-corrected chi connectivity index (χ0v) is 15.9. The maximum absolute atomic E-state index is 12.2.